The number of benzene rings is 1. The second-order valence-electron chi connectivity index (χ2n) is 5.61. The molecule has 3 heteroatoms. The Morgan fingerprint density at radius 2 is 2.05 bits per heavy atom. The summed E-state index contributed by atoms with van der Waals surface area (Å²) in [4.78, 5) is 24.9. The van der Waals surface area contributed by atoms with Crippen molar-refractivity contribution in [2.75, 3.05) is 7.11 Å². The van der Waals surface area contributed by atoms with Crippen LogP contribution in [-0.2, 0) is 14.3 Å². The van der Waals surface area contributed by atoms with Gasteiger partial charge in [-0.05, 0) is 30.4 Å². The van der Waals surface area contributed by atoms with Crippen molar-refractivity contribution in [2.45, 2.75) is 25.7 Å². The van der Waals surface area contributed by atoms with Crippen LogP contribution in [0, 0.1) is 11.3 Å². The van der Waals surface area contributed by atoms with Gasteiger partial charge in [-0.3, -0.25) is 9.59 Å². The second-order valence-corrected chi connectivity index (χ2v) is 5.61. The maximum Gasteiger partial charge on any atom is 0.319 e. The van der Waals surface area contributed by atoms with Crippen LogP contribution in [0.15, 0.2) is 36.4 Å². The molecule has 0 saturated heterocycles. The Hall–Kier alpha value is -1.90. The lowest BCUT2D eigenvalue weighted by atomic mass is 9.60. The number of Topliss-reactive ketones (excluding diaryl/α,β-unsaturated/α-hetero) is 1. The molecule has 0 heterocycles. The number of carbonyl (C=O) groups excluding carboxylic acids is 2. The number of esters is 1. The van der Waals surface area contributed by atoms with Crippen molar-refractivity contribution in [1.29, 1.82) is 0 Å². The normalized spacial score (nSPS) is 28.8. The van der Waals surface area contributed by atoms with Crippen LogP contribution in [0.5, 0.6) is 0 Å². The summed E-state index contributed by atoms with van der Waals surface area (Å²) in [5.74, 6) is -0.466. The summed E-state index contributed by atoms with van der Waals surface area (Å²) < 4.78 is 4.89. The Morgan fingerprint density at radius 1 is 1.30 bits per heavy atom. The molecule has 1 aromatic carbocycles. The molecule has 0 N–H and O–H groups in total. The van der Waals surface area contributed by atoms with Gasteiger partial charge >= 0.3 is 5.97 Å². The van der Waals surface area contributed by atoms with Crippen molar-refractivity contribution in [3.8, 4) is 0 Å². The number of fused-ring (bicyclic) bond motifs is 2. The number of ether oxygens (including phenoxy) is 1. The number of methoxy groups -OCH3 is 1. The minimum atomic E-state index is -0.921. The molecule has 2 atom stereocenters. The van der Waals surface area contributed by atoms with Crippen LogP contribution in [-0.4, -0.2) is 18.9 Å². The maximum absolute atomic E-state index is 12.8. The highest BCUT2D eigenvalue weighted by Gasteiger charge is 2.53. The van der Waals surface area contributed by atoms with E-state index in [4.69, 9.17) is 4.74 Å². The summed E-state index contributed by atoms with van der Waals surface area (Å²) in [6.45, 7) is 0. The summed E-state index contributed by atoms with van der Waals surface area (Å²) in [5.41, 5.74) is 1.25. The molecule has 20 heavy (non-hydrogen) atoms. The molecule has 0 radical (unpaired) electrons. The van der Waals surface area contributed by atoms with E-state index in [-0.39, 0.29) is 17.7 Å². The van der Waals surface area contributed by atoms with Crippen LogP contribution in [0.3, 0.4) is 0 Å². The van der Waals surface area contributed by atoms with E-state index < -0.39 is 5.41 Å². The number of allylic oxidation sites excluding steroid dienone is 2. The SMILES string of the molecule is COC(=O)C12CC=C(c3ccccc3)C(CCC1)C2=O. The van der Waals surface area contributed by atoms with E-state index in [1.165, 1.54) is 7.11 Å². The Labute approximate surface area is 118 Å². The molecule has 3 rings (SSSR count). The molecule has 2 bridgehead atoms. The Morgan fingerprint density at radius 3 is 2.75 bits per heavy atom. The number of ketones is 1. The lowest BCUT2D eigenvalue weighted by molar-refractivity contribution is -0.161. The summed E-state index contributed by atoms with van der Waals surface area (Å²) in [5, 5.41) is 0. The van der Waals surface area contributed by atoms with Crippen LogP contribution < -0.4 is 0 Å². The number of hydrogen-bond acceptors (Lipinski definition) is 3. The van der Waals surface area contributed by atoms with Crippen molar-refractivity contribution in [2.24, 2.45) is 11.3 Å². The fraction of sp³-hybridized carbons (Fsp3) is 0.412. The molecular weight excluding hydrogens is 252 g/mol. The van der Waals surface area contributed by atoms with Gasteiger partial charge in [0.15, 0.2) is 5.78 Å². The van der Waals surface area contributed by atoms with Crippen LogP contribution >= 0.6 is 0 Å². The quantitative estimate of drug-likeness (QED) is 0.613. The molecule has 0 spiro atoms. The third-order valence-electron chi connectivity index (χ3n) is 4.61. The maximum atomic E-state index is 12.8. The molecule has 0 aromatic heterocycles. The van der Waals surface area contributed by atoms with Gasteiger partial charge in [0.1, 0.15) is 5.41 Å². The highest BCUT2D eigenvalue weighted by atomic mass is 16.5. The van der Waals surface area contributed by atoms with Gasteiger partial charge in [-0.25, -0.2) is 0 Å². The Balaban J connectivity index is 2.03. The van der Waals surface area contributed by atoms with Crippen LogP contribution in [0.25, 0.3) is 5.57 Å². The van der Waals surface area contributed by atoms with E-state index in [0.717, 1.165) is 24.0 Å². The predicted octanol–water partition coefficient (Wildman–Crippen LogP) is 3.00. The average Bonchev–Trinajstić information content (AvgIpc) is 2.48. The molecule has 2 aliphatic rings. The van der Waals surface area contributed by atoms with Crippen molar-refractivity contribution in [3.05, 3.63) is 42.0 Å². The summed E-state index contributed by atoms with van der Waals surface area (Å²) >= 11 is 0. The predicted molar refractivity (Wildman–Crippen MR) is 75.8 cm³/mol. The molecule has 0 aliphatic heterocycles. The zero-order chi connectivity index (χ0) is 14.2. The van der Waals surface area contributed by atoms with Gasteiger partial charge in [0.25, 0.3) is 0 Å². The zero-order valence-electron chi connectivity index (χ0n) is 11.6. The highest BCUT2D eigenvalue weighted by Crippen LogP contribution is 2.49. The van der Waals surface area contributed by atoms with Gasteiger partial charge < -0.3 is 4.74 Å². The molecule has 2 aliphatic carbocycles. The molecule has 1 aromatic rings. The number of hydrogen-bond donors (Lipinski definition) is 0. The third-order valence-corrected chi connectivity index (χ3v) is 4.61. The van der Waals surface area contributed by atoms with Gasteiger partial charge in [0.05, 0.1) is 7.11 Å². The molecule has 104 valence electrons. The first kappa shape index (κ1) is 13.1. The highest BCUT2D eigenvalue weighted by molar-refractivity contribution is 6.11. The standard InChI is InChI=1S/C17H18O3/c1-20-16(19)17-10-5-8-14(15(17)18)13(9-11-17)12-6-3-2-4-7-12/h2-4,6-7,9,14H,5,8,10-11H2,1H3. The van der Waals surface area contributed by atoms with E-state index in [2.05, 4.69) is 6.08 Å². The van der Waals surface area contributed by atoms with Gasteiger partial charge in [-0.1, -0.05) is 42.8 Å². The lowest BCUT2D eigenvalue weighted by Crippen LogP contribution is -2.48. The third kappa shape index (κ3) is 1.80. The van der Waals surface area contributed by atoms with E-state index in [1.807, 2.05) is 30.3 Å². The molecule has 1 saturated carbocycles. The van der Waals surface area contributed by atoms with Crippen molar-refractivity contribution >= 4 is 17.3 Å². The van der Waals surface area contributed by atoms with E-state index in [0.29, 0.717) is 12.8 Å². The minimum absolute atomic E-state index is 0.0527. The smallest absolute Gasteiger partial charge is 0.319 e. The van der Waals surface area contributed by atoms with Crippen molar-refractivity contribution in [3.63, 3.8) is 0 Å². The molecule has 3 nitrogen and oxygen atoms in total. The summed E-state index contributed by atoms with van der Waals surface area (Å²) in [6, 6.07) is 9.98. The summed E-state index contributed by atoms with van der Waals surface area (Å²) in [6.07, 6.45) is 4.89. The number of rotatable bonds is 2. The first-order valence-corrected chi connectivity index (χ1v) is 7.07. The van der Waals surface area contributed by atoms with E-state index >= 15 is 0 Å². The first-order chi connectivity index (χ1) is 9.69. The monoisotopic (exact) mass is 270 g/mol. The zero-order valence-corrected chi connectivity index (χ0v) is 11.6. The topological polar surface area (TPSA) is 43.4 Å². The molecule has 0 amide bonds. The Bertz CT molecular complexity index is 573. The fourth-order valence-electron chi connectivity index (χ4n) is 3.55. The van der Waals surface area contributed by atoms with Gasteiger partial charge in [-0.15, -0.1) is 0 Å². The van der Waals surface area contributed by atoms with Crippen LogP contribution in [0.2, 0.25) is 0 Å². The summed E-state index contributed by atoms with van der Waals surface area (Å²) in [7, 11) is 1.37. The van der Waals surface area contributed by atoms with Crippen molar-refractivity contribution < 1.29 is 14.3 Å². The number of carbonyl (C=O) groups is 2. The molecule has 1 fully saturated rings. The van der Waals surface area contributed by atoms with Crippen molar-refractivity contribution in [1.82, 2.24) is 0 Å². The first-order valence-electron chi connectivity index (χ1n) is 7.07. The van der Waals surface area contributed by atoms with Gasteiger partial charge in [0, 0.05) is 5.92 Å². The minimum Gasteiger partial charge on any atom is -0.468 e. The van der Waals surface area contributed by atoms with Gasteiger partial charge in [-0.2, -0.15) is 0 Å². The van der Waals surface area contributed by atoms with Crippen LogP contribution in [0.4, 0.5) is 0 Å². The van der Waals surface area contributed by atoms with E-state index in [1.54, 1.807) is 0 Å². The molecular formula is C17H18O3. The van der Waals surface area contributed by atoms with Gasteiger partial charge in [0.2, 0.25) is 0 Å². The lowest BCUT2D eigenvalue weighted by Gasteiger charge is -2.41. The average molecular weight is 270 g/mol. The fourth-order valence-corrected chi connectivity index (χ4v) is 3.55. The largest absolute Gasteiger partial charge is 0.468 e. The van der Waals surface area contributed by atoms with E-state index in [9.17, 15) is 9.59 Å². The van der Waals surface area contributed by atoms with Crippen LogP contribution in [0.1, 0.15) is 31.2 Å². The second kappa shape index (κ2) is 4.89. The Kier molecular flexibility index (Phi) is 3.20. The molecule has 2 unspecified atom stereocenters.